The normalized spacial score (nSPS) is 14.5. The minimum Gasteiger partial charge on any atom is -0.371 e. The van der Waals surface area contributed by atoms with Crippen molar-refractivity contribution in [1.82, 2.24) is 9.97 Å². The molecule has 1 aliphatic rings. The SMILES string of the molecule is Cc1cnc2[nH]c(C#Cc3ccc(N4CCC(c5ccccc5)CC4)cc3)cc2c1. The van der Waals surface area contributed by atoms with Crippen LogP contribution in [-0.4, -0.2) is 23.1 Å². The van der Waals surface area contributed by atoms with E-state index in [2.05, 4.69) is 100 Å². The van der Waals surface area contributed by atoms with Gasteiger partial charge in [0.2, 0.25) is 0 Å². The van der Waals surface area contributed by atoms with E-state index in [9.17, 15) is 0 Å². The smallest absolute Gasteiger partial charge is 0.138 e. The van der Waals surface area contributed by atoms with Gasteiger partial charge in [-0.15, -0.1) is 0 Å². The Balaban J connectivity index is 1.24. The van der Waals surface area contributed by atoms with E-state index >= 15 is 0 Å². The van der Waals surface area contributed by atoms with E-state index < -0.39 is 0 Å². The number of aryl methyl sites for hydroxylation is 1. The molecule has 30 heavy (non-hydrogen) atoms. The van der Waals surface area contributed by atoms with E-state index in [0.717, 1.165) is 40.9 Å². The molecule has 0 aliphatic carbocycles. The van der Waals surface area contributed by atoms with Crippen LogP contribution < -0.4 is 4.90 Å². The lowest BCUT2D eigenvalue weighted by Crippen LogP contribution is -2.32. The van der Waals surface area contributed by atoms with Gasteiger partial charge >= 0.3 is 0 Å². The molecule has 0 radical (unpaired) electrons. The van der Waals surface area contributed by atoms with Crippen molar-refractivity contribution in [2.45, 2.75) is 25.7 Å². The maximum absolute atomic E-state index is 4.42. The van der Waals surface area contributed by atoms with Crippen molar-refractivity contribution in [2.75, 3.05) is 18.0 Å². The van der Waals surface area contributed by atoms with Gasteiger partial charge in [0.15, 0.2) is 0 Å². The summed E-state index contributed by atoms with van der Waals surface area (Å²) in [5, 5.41) is 1.11. The summed E-state index contributed by atoms with van der Waals surface area (Å²) in [6.45, 7) is 4.26. The van der Waals surface area contributed by atoms with Gasteiger partial charge in [-0.3, -0.25) is 0 Å². The van der Waals surface area contributed by atoms with Crippen LogP contribution in [-0.2, 0) is 0 Å². The zero-order chi connectivity index (χ0) is 20.3. The van der Waals surface area contributed by atoms with E-state index in [0.29, 0.717) is 5.92 Å². The molecule has 0 unspecified atom stereocenters. The lowest BCUT2D eigenvalue weighted by molar-refractivity contribution is 0.505. The Morgan fingerprint density at radius 3 is 2.47 bits per heavy atom. The van der Waals surface area contributed by atoms with E-state index in [1.165, 1.54) is 24.1 Å². The molecule has 148 valence electrons. The van der Waals surface area contributed by atoms with Gasteiger partial charge in [-0.1, -0.05) is 36.3 Å². The van der Waals surface area contributed by atoms with Crippen molar-refractivity contribution in [2.24, 2.45) is 0 Å². The average Bonchev–Trinajstić information content (AvgIpc) is 3.21. The topological polar surface area (TPSA) is 31.9 Å². The highest BCUT2D eigenvalue weighted by Gasteiger charge is 2.20. The fourth-order valence-electron chi connectivity index (χ4n) is 4.28. The van der Waals surface area contributed by atoms with Gasteiger partial charge in [0, 0.05) is 35.9 Å². The number of aromatic nitrogens is 2. The van der Waals surface area contributed by atoms with Gasteiger partial charge < -0.3 is 9.88 Å². The van der Waals surface area contributed by atoms with Gasteiger partial charge in [0.1, 0.15) is 5.65 Å². The maximum atomic E-state index is 4.42. The number of hydrogen-bond acceptors (Lipinski definition) is 2. The fraction of sp³-hybridized carbons (Fsp3) is 0.222. The number of fused-ring (bicyclic) bond motifs is 1. The highest BCUT2D eigenvalue weighted by molar-refractivity contribution is 5.78. The number of benzene rings is 2. The highest BCUT2D eigenvalue weighted by Crippen LogP contribution is 2.30. The second-order valence-electron chi connectivity index (χ2n) is 8.10. The zero-order valence-corrected chi connectivity index (χ0v) is 17.2. The van der Waals surface area contributed by atoms with Crippen LogP contribution in [0, 0.1) is 18.8 Å². The minimum absolute atomic E-state index is 0.683. The minimum atomic E-state index is 0.683. The van der Waals surface area contributed by atoms with Gasteiger partial charge in [-0.05, 0) is 79.1 Å². The average molecular weight is 392 g/mol. The van der Waals surface area contributed by atoms with Crippen LogP contribution in [0.5, 0.6) is 0 Å². The summed E-state index contributed by atoms with van der Waals surface area (Å²) in [6, 6.07) is 23.7. The third kappa shape index (κ3) is 3.95. The zero-order valence-electron chi connectivity index (χ0n) is 17.2. The Bertz CT molecular complexity index is 1200. The van der Waals surface area contributed by atoms with Crippen LogP contribution >= 0.6 is 0 Å². The molecule has 3 heteroatoms. The molecule has 1 aliphatic heterocycles. The van der Waals surface area contributed by atoms with E-state index in [1.54, 1.807) is 0 Å². The van der Waals surface area contributed by atoms with Crippen LogP contribution in [0.3, 0.4) is 0 Å². The van der Waals surface area contributed by atoms with Gasteiger partial charge in [-0.25, -0.2) is 4.98 Å². The van der Waals surface area contributed by atoms with E-state index in [-0.39, 0.29) is 0 Å². The molecular formula is C27H25N3. The molecule has 0 bridgehead atoms. The number of hydrogen-bond donors (Lipinski definition) is 1. The first kappa shape index (κ1) is 18.5. The van der Waals surface area contributed by atoms with Crippen molar-refractivity contribution >= 4 is 16.7 Å². The van der Waals surface area contributed by atoms with Crippen molar-refractivity contribution in [3.05, 3.63) is 95.3 Å². The third-order valence-corrected chi connectivity index (χ3v) is 5.95. The maximum Gasteiger partial charge on any atom is 0.138 e. The van der Waals surface area contributed by atoms with Crippen LogP contribution in [0.2, 0.25) is 0 Å². The Morgan fingerprint density at radius 2 is 1.70 bits per heavy atom. The molecule has 2 aromatic carbocycles. The second kappa shape index (κ2) is 8.08. The fourth-order valence-corrected chi connectivity index (χ4v) is 4.28. The van der Waals surface area contributed by atoms with Crippen LogP contribution in [0.4, 0.5) is 5.69 Å². The lowest BCUT2D eigenvalue weighted by Gasteiger charge is -2.34. The highest BCUT2D eigenvalue weighted by atomic mass is 15.1. The first-order chi connectivity index (χ1) is 14.7. The predicted octanol–water partition coefficient (Wildman–Crippen LogP) is 5.66. The monoisotopic (exact) mass is 391 g/mol. The molecule has 0 atom stereocenters. The Hall–Kier alpha value is -3.51. The quantitative estimate of drug-likeness (QED) is 0.448. The van der Waals surface area contributed by atoms with Crippen LogP contribution in [0.15, 0.2) is 72.9 Å². The van der Waals surface area contributed by atoms with Crippen molar-refractivity contribution < 1.29 is 0 Å². The number of pyridine rings is 1. The molecular weight excluding hydrogens is 366 g/mol. The molecule has 1 fully saturated rings. The largest absolute Gasteiger partial charge is 0.371 e. The molecule has 2 aromatic heterocycles. The van der Waals surface area contributed by atoms with Crippen molar-refractivity contribution in [3.8, 4) is 11.8 Å². The molecule has 4 aromatic rings. The van der Waals surface area contributed by atoms with Gasteiger partial charge in [-0.2, -0.15) is 0 Å². The molecule has 0 saturated carbocycles. The Kier molecular flexibility index (Phi) is 4.99. The standard InChI is InChI=1S/C27H25N3/c1-20-17-24-18-25(29-27(24)28-19-20)10-7-21-8-11-26(12-9-21)30-15-13-23(14-16-30)22-5-3-2-4-6-22/h2-6,8-9,11-12,17-19,23H,13-16H2,1H3,(H,28,29). The van der Waals surface area contributed by atoms with E-state index in [4.69, 9.17) is 0 Å². The van der Waals surface area contributed by atoms with E-state index in [1.807, 2.05) is 6.20 Å². The summed E-state index contributed by atoms with van der Waals surface area (Å²) >= 11 is 0. The lowest BCUT2D eigenvalue weighted by atomic mass is 9.89. The molecule has 5 rings (SSSR count). The predicted molar refractivity (Wildman–Crippen MR) is 124 cm³/mol. The number of piperidine rings is 1. The molecule has 3 heterocycles. The van der Waals surface area contributed by atoms with Crippen molar-refractivity contribution in [1.29, 1.82) is 0 Å². The summed E-state index contributed by atoms with van der Waals surface area (Å²) in [5.41, 5.74) is 6.74. The van der Waals surface area contributed by atoms with Crippen molar-refractivity contribution in [3.63, 3.8) is 0 Å². The number of anilines is 1. The first-order valence-electron chi connectivity index (χ1n) is 10.6. The summed E-state index contributed by atoms with van der Waals surface area (Å²) in [4.78, 5) is 10.2. The summed E-state index contributed by atoms with van der Waals surface area (Å²) in [5.74, 6) is 7.18. The molecule has 0 spiro atoms. The number of nitrogens with zero attached hydrogens (tertiary/aromatic N) is 2. The number of nitrogens with one attached hydrogen (secondary N) is 1. The number of H-pyrrole nitrogens is 1. The summed E-state index contributed by atoms with van der Waals surface area (Å²) in [6.07, 6.45) is 4.29. The van der Waals surface area contributed by atoms with Crippen LogP contribution in [0.1, 0.15) is 41.1 Å². The number of rotatable bonds is 2. The molecule has 1 saturated heterocycles. The summed E-state index contributed by atoms with van der Waals surface area (Å²) in [7, 11) is 0. The molecule has 3 nitrogen and oxygen atoms in total. The second-order valence-corrected chi connectivity index (χ2v) is 8.10. The first-order valence-corrected chi connectivity index (χ1v) is 10.6. The Morgan fingerprint density at radius 1 is 0.933 bits per heavy atom. The number of aromatic amines is 1. The van der Waals surface area contributed by atoms with Gasteiger partial charge in [0.25, 0.3) is 0 Å². The third-order valence-electron chi connectivity index (χ3n) is 5.95. The molecule has 0 amide bonds. The Labute approximate surface area is 177 Å². The molecule has 1 N–H and O–H groups in total. The summed E-state index contributed by atoms with van der Waals surface area (Å²) < 4.78 is 0. The van der Waals surface area contributed by atoms with Gasteiger partial charge in [0.05, 0.1) is 5.69 Å². The van der Waals surface area contributed by atoms with Crippen LogP contribution in [0.25, 0.3) is 11.0 Å².